The maximum atomic E-state index is 12.1. The molecule has 0 saturated heterocycles. The van der Waals surface area contributed by atoms with Crippen molar-refractivity contribution in [2.75, 3.05) is 0 Å². The van der Waals surface area contributed by atoms with E-state index in [1.807, 2.05) is 0 Å². The second-order valence-corrected chi connectivity index (χ2v) is 4.02. The highest BCUT2D eigenvalue weighted by Gasteiger charge is 2.08. The zero-order valence-electron chi connectivity index (χ0n) is 8.89. The topological polar surface area (TPSA) is 34.1 Å². The number of aldehydes is 1. The first-order valence-electron chi connectivity index (χ1n) is 5.06. The van der Waals surface area contributed by atoms with Crippen molar-refractivity contribution in [2.45, 2.75) is 0 Å². The number of hydrogen-bond donors (Lipinski definition) is 0. The summed E-state index contributed by atoms with van der Waals surface area (Å²) in [6.07, 6.45) is 0.744. The van der Waals surface area contributed by atoms with Gasteiger partial charge < -0.3 is 0 Å². The molecule has 0 spiro atoms. The van der Waals surface area contributed by atoms with Crippen LogP contribution in [0.25, 0.3) is 0 Å². The molecule has 0 aromatic heterocycles. The molecule has 17 heavy (non-hydrogen) atoms. The van der Waals surface area contributed by atoms with Gasteiger partial charge in [0.1, 0.15) is 6.29 Å². The Hall–Kier alpha value is -1.93. The summed E-state index contributed by atoms with van der Waals surface area (Å²) < 4.78 is 0. The highest BCUT2D eigenvalue weighted by atomic mass is 35.5. The van der Waals surface area contributed by atoms with Gasteiger partial charge in [0.05, 0.1) is 0 Å². The van der Waals surface area contributed by atoms with E-state index >= 15 is 0 Å². The van der Waals surface area contributed by atoms with Crippen LogP contribution in [-0.4, -0.2) is 12.1 Å². The van der Waals surface area contributed by atoms with E-state index in [0.29, 0.717) is 21.7 Å². The standard InChI is InChI=1S/C14H9ClO2/c15-13-3-1-2-12(8-13)14(17)11-6-4-10(9-16)5-7-11/h1-9H. The van der Waals surface area contributed by atoms with Crippen LogP contribution in [0.2, 0.25) is 5.02 Å². The molecular weight excluding hydrogens is 236 g/mol. The molecule has 84 valence electrons. The van der Waals surface area contributed by atoms with Crippen LogP contribution in [0.3, 0.4) is 0 Å². The molecule has 0 radical (unpaired) electrons. The summed E-state index contributed by atoms with van der Waals surface area (Å²) in [5.41, 5.74) is 1.63. The molecule has 0 N–H and O–H groups in total. The molecule has 2 aromatic rings. The lowest BCUT2D eigenvalue weighted by Gasteiger charge is -2.01. The maximum Gasteiger partial charge on any atom is 0.193 e. The second-order valence-electron chi connectivity index (χ2n) is 3.58. The van der Waals surface area contributed by atoms with E-state index in [2.05, 4.69) is 0 Å². The number of benzene rings is 2. The fraction of sp³-hybridized carbons (Fsp3) is 0. The predicted octanol–water partition coefficient (Wildman–Crippen LogP) is 3.38. The molecule has 0 amide bonds. The number of halogens is 1. The van der Waals surface area contributed by atoms with Crippen LogP contribution < -0.4 is 0 Å². The van der Waals surface area contributed by atoms with Crippen molar-refractivity contribution in [1.82, 2.24) is 0 Å². The summed E-state index contributed by atoms with van der Waals surface area (Å²) in [6, 6.07) is 13.3. The summed E-state index contributed by atoms with van der Waals surface area (Å²) in [5, 5.41) is 0.528. The molecule has 0 aliphatic carbocycles. The molecule has 0 aliphatic heterocycles. The summed E-state index contributed by atoms with van der Waals surface area (Å²) in [4.78, 5) is 22.6. The first-order chi connectivity index (χ1) is 8.20. The lowest BCUT2D eigenvalue weighted by Crippen LogP contribution is -2.01. The molecule has 2 nitrogen and oxygen atoms in total. The zero-order valence-corrected chi connectivity index (χ0v) is 9.65. The van der Waals surface area contributed by atoms with Gasteiger partial charge in [0.15, 0.2) is 5.78 Å². The molecule has 0 unspecified atom stereocenters. The van der Waals surface area contributed by atoms with E-state index in [9.17, 15) is 9.59 Å². The lowest BCUT2D eigenvalue weighted by atomic mass is 10.0. The smallest absolute Gasteiger partial charge is 0.193 e. The van der Waals surface area contributed by atoms with E-state index in [0.717, 1.165) is 6.29 Å². The van der Waals surface area contributed by atoms with E-state index < -0.39 is 0 Å². The highest BCUT2D eigenvalue weighted by Crippen LogP contribution is 2.15. The Morgan fingerprint density at radius 2 is 1.71 bits per heavy atom. The van der Waals surface area contributed by atoms with Gasteiger partial charge >= 0.3 is 0 Å². The van der Waals surface area contributed by atoms with Gasteiger partial charge in [0.2, 0.25) is 0 Å². The average molecular weight is 245 g/mol. The number of carbonyl (C=O) groups excluding carboxylic acids is 2. The molecule has 2 rings (SSSR count). The van der Waals surface area contributed by atoms with Gasteiger partial charge in [-0.1, -0.05) is 48.0 Å². The molecule has 0 fully saturated rings. The van der Waals surface area contributed by atoms with Gasteiger partial charge in [0, 0.05) is 21.7 Å². The van der Waals surface area contributed by atoms with Crippen molar-refractivity contribution < 1.29 is 9.59 Å². The predicted molar refractivity (Wildman–Crippen MR) is 66.7 cm³/mol. The van der Waals surface area contributed by atoms with Gasteiger partial charge in [0.25, 0.3) is 0 Å². The van der Waals surface area contributed by atoms with E-state index in [-0.39, 0.29) is 5.78 Å². The normalized spacial score (nSPS) is 9.94. The van der Waals surface area contributed by atoms with Crippen LogP contribution in [0.5, 0.6) is 0 Å². The number of carbonyl (C=O) groups is 2. The zero-order chi connectivity index (χ0) is 12.3. The molecule has 3 heteroatoms. The summed E-state index contributed by atoms with van der Waals surface area (Å²) in [5.74, 6) is -0.107. The summed E-state index contributed by atoms with van der Waals surface area (Å²) in [7, 11) is 0. The Labute approximate surface area is 104 Å². The Balaban J connectivity index is 2.33. The number of ketones is 1. The van der Waals surface area contributed by atoms with Crippen LogP contribution in [0.1, 0.15) is 26.3 Å². The van der Waals surface area contributed by atoms with E-state index in [1.54, 1.807) is 48.5 Å². The number of rotatable bonds is 3. The maximum absolute atomic E-state index is 12.1. The Morgan fingerprint density at radius 1 is 1.00 bits per heavy atom. The van der Waals surface area contributed by atoms with Gasteiger partial charge in [-0.05, 0) is 12.1 Å². The van der Waals surface area contributed by atoms with Crippen LogP contribution in [0, 0.1) is 0 Å². The van der Waals surface area contributed by atoms with Crippen molar-refractivity contribution in [3.8, 4) is 0 Å². The SMILES string of the molecule is O=Cc1ccc(C(=O)c2cccc(Cl)c2)cc1. The first kappa shape index (κ1) is 11.6. The average Bonchev–Trinajstić information content (AvgIpc) is 2.38. The fourth-order valence-corrected chi connectivity index (χ4v) is 1.70. The Morgan fingerprint density at radius 3 is 2.29 bits per heavy atom. The van der Waals surface area contributed by atoms with Crippen molar-refractivity contribution >= 4 is 23.7 Å². The van der Waals surface area contributed by atoms with E-state index in [1.165, 1.54) is 0 Å². The molecule has 0 heterocycles. The molecule has 2 aromatic carbocycles. The van der Waals surface area contributed by atoms with Crippen LogP contribution in [-0.2, 0) is 0 Å². The van der Waals surface area contributed by atoms with Crippen molar-refractivity contribution in [2.24, 2.45) is 0 Å². The van der Waals surface area contributed by atoms with Crippen LogP contribution in [0.15, 0.2) is 48.5 Å². The third-order valence-electron chi connectivity index (χ3n) is 2.40. The van der Waals surface area contributed by atoms with Gasteiger partial charge in [-0.25, -0.2) is 0 Å². The van der Waals surface area contributed by atoms with E-state index in [4.69, 9.17) is 11.6 Å². The third kappa shape index (κ3) is 2.60. The molecular formula is C14H9ClO2. The molecule has 0 atom stereocenters. The van der Waals surface area contributed by atoms with Crippen LogP contribution in [0.4, 0.5) is 0 Å². The van der Waals surface area contributed by atoms with Crippen LogP contribution >= 0.6 is 11.6 Å². The van der Waals surface area contributed by atoms with Crippen molar-refractivity contribution in [3.63, 3.8) is 0 Å². The minimum Gasteiger partial charge on any atom is -0.298 e. The minimum absolute atomic E-state index is 0.107. The van der Waals surface area contributed by atoms with Gasteiger partial charge in [-0.15, -0.1) is 0 Å². The quantitative estimate of drug-likeness (QED) is 0.613. The summed E-state index contributed by atoms with van der Waals surface area (Å²) >= 11 is 5.83. The number of hydrogen-bond acceptors (Lipinski definition) is 2. The first-order valence-corrected chi connectivity index (χ1v) is 5.44. The largest absolute Gasteiger partial charge is 0.298 e. The summed E-state index contributed by atoms with van der Waals surface area (Å²) in [6.45, 7) is 0. The monoisotopic (exact) mass is 244 g/mol. The van der Waals surface area contributed by atoms with Crippen molar-refractivity contribution in [3.05, 3.63) is 70.2 Å². The van der Waals surface area contributed by atoms with Gasteiger partial charge in [-0.2, -0.15) is 0 Å². The lowest BCUT2D eigenvalue weighted by molar-refractivity contribution is 0.103. The fourth-order valence-electron chi connectivity index (χ4n) is 1.51. The molecule has 0 bridgehead atoms. The molecule has 0 aliphatic rings. The Bertz CT molecular complexity index is 559. The highest BCUT2D eigenvalue weighted by molar-refractivity contribution is 6.31. The molecule has 0 saturated carbocycles. The van der Waals surface area contributed by atoms with Gasteiger partial charge in [-0.3, -0.25) is 9.59 Å². The van der Waals surface area contributed by atoms with Crippen molar-refractivity contribution in [1.29, 1.82) is 0 Å². The second kappa shape index (κ2) is 4.93. The minimum atomic E-state index is -0.107. The third-order valence-corrected chi connectivity index (χ3v) is 2.63. The Kier molecular flexibility index (Phi) is 3.35.